The number of nitrogens with one attached hydrogen (secondary N) is 2. The van der Waals surface area contributed by atoms with Crippen LogP contribution in [0, 0.1) is 13.8 Å². The van der Waals surface area contributed by atoms with E-state index in [1.165, 1.54) is 22.7 Å². The van der Waals surface area contributed by atoms with E-state index in [2.05, 4.69) is 80.9 Å². The van der Waals surface area contributed by atoms with Crippen LogP contribution >= 0.6 is 11.5 Å². The lowest BCUT2D eigenvalue weighted by atomic mass is 9.95. The maximum Gasteiger partial charge on any atom is 0.158 e. The molecule has 2 N–H and O–H groups in total. The molecule has 0 unspecified atom stereocenters. The molecule has 6 rings (SSSR count). The number of nitrogens with zero attached hydrogens (tertiary/aromatic N) is 7. The van der Waals surface area contributed by atoms with Crippen molar-refractivity contribution in [3.8, 4) is 11.3 Å². The molecular weight excluding hydrogens is 470 g/mol. The van der Waals surface area contributed by atoms with Crippen LogP contribution in [0.4, 0.5) is 5.82 Å². The summed E-state index contributed by atoms with van der Waals surface area (Å²) in [5.74, 6) is 1.37. The van der Waals surface area contributed by atoms with Crippen molar-refractivity contribution in [3.63, 3.8) is 0 Å². The van der Waals surface area contributed by atoms with Gasteiger partial charge < -0.3 is 15.2 Å². The van der Waals surface area contributed by atoms with Crippen molar-refractivity contribution in [1.82, 2.24) is 39.5 Å². The zero-order valence-electron chi connectivity index (χ0n) is 21.1. The maximum absolute atomic E-state index is 5.20. The maximum atomic E-state index is 5.20. The van der Waals surface area contributed by atoms with Gasteiger partial charge in [-0.3, -0.25) is 0 Å². The predicted molar refractivity (Wildman–Crippen MR) is 144 cm³/mol. The van der Waals surface area contributed by atoms with Gasteiger partial charge in [0.25, 0.3) is 0 Å². The fourth-order valence-electron chi connectivity index (χ4n) is 5.30. The van der Waals surface area contributed by atoms with Crippen molar-refractivity contribution in [2.24, 2.45) is 0 Å². The normalized spacial score (nSPS) is 15.1. The Morgan fingerprint density at radius 1 is 1.17 bits per heavy atom. The van der Waals surface area contributed by atoms with Crippen LogP contribution in [0.15, 0.2) is 30.0 Å². The third kappa shape index (κ3) is 4.04. The van der Waals surface area contributed by atoms with Gasteiger partial charge >= 0.3 is 0 Å². The molecule has 186 valence electrons. The number of hydrogen-bond donors (Lipinski definition) is 2. The van der Waals surface area contributed by atoms with E-state index in [0.717, 1.165) is 77.5 Å². The molecule has 36 heavy (non-hydrogen) atoms. The van der Waals surface area contributed by atoms with Crippen LogP contribution in [0.1, 0.15) is 55.0 Å². The third-order valence-corrected chi connectivity index (χ3v) is 7.99. The second-order valence-electron chi connectivity index (χ2n) is 9.99. The minimum atomic E-state index is 0.317. The first-order chi connectivity index (χ1) is 17.5. The number of aryl methyl sites for hydroxylation is 1. The van der Waals surface area contributed by atoms with Crippen LogP contribution in [0.5, 0.6) is 0 Å². The quantitative estimate of drug-likeness (QED) is 0.350. The van der Waals surface area contributed by atoms with Crippen LogP contribution in [0.25, 0.3) is 27.9 Å². The van der Waals surface area contributed by atoms with Crippen molar-refractivity contribution in [3.05, 3.63) is 52.4 Å². The summed E-state index contributed by atoms with van der Waals surface area (Å²) in [6.45, 7) is 11.5. The molecule has 1 saturated heterocycles. The average Bonchev–Trinajstić information content (AvgIpc) is 3.64. The molecule has 1 aliphatic rings. The van der Waals surface area contributed by atoms with Gasteiger partial charge in [-0.2, -0.15) is 5.10 Å². The van der Waals surface area contributed by atoms with Crippen molar-refractivity contribution in [1.29, 1.82) is 0 Å². The first-order valence-corrected chi connectivity index (χ1v) is 13.4. The third-order valence-electron chi connectivity index (χ3n) is 7.43. The largest absolute Gasteiger partial charge is 0.356 e. The van der Waals surface area contributed by atoms with Gasteiger partial charge in [0.1, 0.15) is 12.1 Å². The highest BCUT2D eigenvalue weighted by atomic mass is 32.1. The molecule has 0 saturated carbocycles. The van der Waals surface area contributed by atoms with E-state index < -0.39 is 0 Å². The van der Waals surface area contributed by atoms with Crippen LogP contribution in [0.2, 0.25) is 0 Å². The molecule has 0 aromatic carbocycles. The molecule has 6 heterocycles. The molecule has 9 nitrogen and oxygen atoms in total. The van der Waals surface area contributed by atoms with Crippen LogP contribution < -0.4 is 10.2 Å². The first-order valence-electron chi connectivity index (χ1n) is 12.6. The molecule has 0 radical (unpaired) electrons. The summed E-state index contributed by atoms with van der Waals surface area (Å²) >= 11 is 1.40. The first kappa shape index (κ1) is 23.1. The summed E-state index contributed by atoms with van der Waals surface area (Å²) < 4.78 is 5.82. The number of aromatic nitrogens is 7. The molecule has 1 aliphatic heterocycles. The fraction of sp³-hybridized carbons (Fsp3) is 0.423. The number of anilines is 1. The molecule has 5 aromatic heterocycles. The highest BCUT2D eigenvalue weighted by Crippen LogP contribution is 2.38. The molecular formula is C26H31N9S. The van der Waals surface area contributed by atoms with Crippen LogP contribution in [-0.2, 0) is 6.54 Å². The van der Waals surface area contributed by atoms with Gasteiger partial charge in [0.05, 0.1) is 22.4 Å². The molecule has 0 bridgehead atoms. The minimum absolute atomic E-state index is 0.317. The van der Waals surface area contributed by atoms with E-state index in [1.54, 1.807) is 6.33 Å². The van der Waals surface area contributed by atoms with E-state index in [9.17, 15) is 0 Å². The Hall–Kier alpha value is -3.37. The van der Waals surface area contributed by atoms with Crippen molar-refractivity contribution in [2.45, 2.75) is 59.0 Å². The highest BCUT2D eigenvalue weighted by Gasteiger charge is 2.24. The number of H-pyrrole nitrogens is 1. The lowest BCUT2D eigenvalue weighted by Crippen LogP contribution is -2.42. The van der Waals surface area contributed by atoms with Gasteiger partial charge in [-0.15, -0.1) is 5.10 Å². The van der Waals surface area contributed by atoms with Gasteiger partial charge in [0.15, 0.2) is 5.65 Å². The summed E-state index contributed by atoms with van der Waals surface area (Å²) in [6, 6.07) is 4.83. The Morgan fingerprint density at radius 3 is 2.75 bits per heavy atom. The number of piperidine rings is 1. The molecule has 0 amide bonds. The average molecular weight is 502 g/mol. The Kier molecular flexibility index (Phi) is 5.93. The number of fused-ring (bicyclic) bond motifs is 2. The minimum Gasteiger partial charge on any atom is -0.356 e. The lowest BCUT2D eigenvalue weighted by Gasteiger charge is -2.33. The summed E-state index contributed by atoms with van der Waals surface area (Å²) in [7, 11) is 0. The zero-order valence-corrected chi connectivity index (χ0v) is 21.9. The van der Waals surface area contributed by atoms with E-state index in [1.807, 2.05) is 9.90 Å². The number of pyridine rings is 2. The van der Waals surface area contributed by atoms with Gasteiger partial charge in [-0.05, 0) is 67.4 Å². The Morgan fingerprint density at radius 2 is 2.00 bits per heavy atom. The monoisotopic (exact) mass is 501 g/mol. The molecule has 5 aromatic rings. The van der Waals surface area contributed by atoms with Crippen molar-refractivity contribution >= 4 is 34.0 Å². The second kappa shape index (κ2) is 9.25. The Balaban J connectivity index is 1.29. The van der Waals surface area contributed by atoms with Gasteiger partial charge in [0.2, 0.25) is 0 Å². The SMILES string of the molecule is Cc1c(-c2[nH]c3ccc(N4CCC(NCc5csnn5)CC4)nc3c2C(C)C)cn2ncnc2c1C. The summed E-state index contributed by atoms with van der Waals surface area (Å²) in [6.07, 6.45) is 5.87. The summed E-state index contributed by atoms with van der Waals surface area (Å²) in [5.41, 5.74) is 9.94. The predicted octanol–water partition coefficient (Wildman–Crippen LogP) is 4.62. The Labute approximate surface area is 214 Å². The molecule has 10 heteroatoms. The van der Waals surface area contributed by atoms with Gasteiger partial charge in [0, 0.05) is 48.4 Å². The summed E-state index contributed by atoms with van der Waals surface area (Å²) in [5, 5.41) is 14.2. The van der Waals surface area contributed by atoms with E-state index >= 15 is 0 Å². The number of aromatic amines is 1. The topological polar surface area (TPSA) is 99.9 Å². The summed E-state index contributed by atoms with van der Waals surface area (Å²) in [4.78, 5) is 15.7. The highest BCUT2D eigenvalue weighted by molar-refractivity contribution is 7.03. The molecule has 0 aliphatic carbocycles. The van der Waals surface area contributed by atoms with E-state index in [4.69, 9.17) is 4.98 Å². The standard InChI is InChI=1S/C26H31N9S/c1-15(2)23-24(20-12-35-26(28-14-29-35)17(4)16(20)3)30-21-5-6-22(31-25(21)23)34-9-7-18(8-10-34)27-11-19-13-36-33-32-19/h5-6,12-15,18,27,30H,7-11H2,1-4H3. The molecule has 0 spiro atoms. The van der Waals surface area contributed by atoms with Crippen LogP contribution in [0.3, 0.4) is 0 Å². The lowest BCUT2D eigenvalue weighted by molar-refractivity contribution is 0.411. The smallest absolute Gasteiger partial charge is 0.158 e. The number of hydrogen-bond acceptors (Lipinski definition) is 8. The zero-order chi connectivity index (χ0) is 24.8. The number of rotatable bonds is 6. The molecule has 1 fully saturated rings. The van der Waals surface area contributed by atoms with Gasteiger partial charge in [-0.1, -0.05) is 18.3 Å². The molecule has 0 atom stereocenters. The van der Waals surface area contributed by atoms with Crippen molar-refractivity contribution in [2.75, 3.05) is 18.0 Å². The second-order valence-corrected chi connectivity index (χ2v) is 10.6. The van der Waals surface area contributed by atoms with Gasteiger partial charge in [-0.25, -0.2) is 14.5 Å². The van der Waals surface area contributed by atoms with E-state index in [-0.39, 0.29) is 0 Å². The fourth-order valence-corrected chi connectivity index (χ4v) is 5.75. The van der Waals surface area contributed by atoms with Crippen molar-refractivity contribution < 1.29 is 0 Å². The van der Waals surface area contributed by atoms with E-state index in [0.29, 0.717) is 12.0 Å². The Bertz CT molecular complexity index is 1510. The van der Waals surface area contributed by atoms with Crippen LogP contribution in [-0.4, -0.2) is 53.3 Å².